The summed E-state index contributed by atoms with van der Waals surface area (Å²) in [6.45, 7) is 2.85. The predicted molar refractivity (Wildman–Crippen MR) is 83.8 cm³/mol. The van der Waals surface area contributed by atoms with E-state index in [0.29, 0.717) is 23.7 Å². The monoisotopic (exact) mass is 294 g/mol. The van der Waals surface area contributed by atoms with Gasteiger partial charge in [0.25, 0.3) is 5.91 Å². The number of benzene rings is 1. The van der Waals surface area contributed by atoms with Crippen molar-refractivity contribution in [1.29, 1.82) is 0 Å². The fourth-order valence-corrected chi connectivity index (χ4v) is 1.91. The SMILES string of the molecule is CCCCCCOc1ccc(C(=O)NN(C)C)cc1OC. The third-order valence-corrected chi connectivity index (χ3v) is 3.01. The van der Waals surface area contributed by atoms with Crippen LogP contribution in [0.5, 0.6) is 11.5 Å². The molecule has 0 spiro atoms. The Balaban J connectivity index is 2.64. The zero-order valence-corrected chi connectivity index (χ0v) is 13.4. The summed E-state index contributed by atoms with van der Waals surface area (Å²) in [5.41, 5.74) is 3.23. The lowest BCUT2D eigenvalue weighted by molar-refractivity contribution is 0.0856. The van der Waals surface area contributed by atoms with E-state index in [1.54, 1.807) is 44.4 Å². The van der Waals surface area contributed by atoms with Gasteiger partial charge in [-0.2, -0.15) is 0 Å². The van der Waals surface area contributed by atoms with Gasteiger partial charge in [-0.25, -0.2) is 5.01 Å². The van der Waals surface area contributed by atoms with E-state index in [1.165, 1.54) is 19.3 Å². The molecule has 5 nitrogen and oxygen atoms in total. The largest absolute Gasteiger partial charge is 0.493 e. The Hall–Kier alpha value is -1.75. The highest BCUT2D eigenvalue weighted by Gasteiger charge is 2.11. The van der Waals surface area contributed by atoms with Gasteiger partial charge in [0.05, 0.1) is 13.7 Å². The highest BCUT2D eigenvalue weighted by molar-refractivity contribution is 5.94. The van der Waals surface area contributed by atoms with Gasteiger partial charge >= 0.3 is 0 Å². The molecular weight excluding hydrogens is 268 g/mol. The number of ether oxygens (including phenoxy) is 2. The second-order valence-electron chi connectivity index (χ2n) is 5.11. The molecule has 0 fully saturated rings. The predicted octanol–water partition coefficient (Wildman–Crippen LogP) is 2.86. The number of hydrogen-bond acceptors (Lipinski definition) is 4. The molecule has 0 atom stereocenters. The number of hydrogen-bond donors (Lipinski definition) is 1. The van der Waals surface area contributed by atoms with E-state index in [-0.39, 0.29) is 5.91 Å². The van der Waals surface area contributed by atoms with Crippen LogP contribution in [0.3, 0.4) is 0 Å². The molecule has 21 heavy (non-hydrogen) atoms. The summed E-state index contributed by atoms with van der Waals surface area (Å²) in [4.78, 5) is 11.9. The molecule has 1 rings (SSSR count). The first-order valence-electron chi connectivity index (χ1n) is 7.37. The van der Waals surface area contributed by atoms with E-state index < -0.39 is 0 Å². The fraction of sp³-hybridized carbons (Fsp3) is 0.562. The van der Waals surface area contributed by atoms with Gasteiger partial charge in [0.1, 0.15) is 0 Å². The van der Waals surface area contributed by atoms with Gasteiger partial charge in [0.15, 0.2) is 11.5 Å². The molecular formula is C16H26N2O3. The van der Waals surface area contributed by atoms with Gasteiger partial charge in [0.2, 0.25) is 0 Å². The summed E-state index contributed by atoms with van der Waals surface area (Å²) in [6, 6.07) is 5.21. The fourth-order valence-electron chi connectivity index (χ4n) is 1.91. The molecule has 1 aromatic carbocycles. The van der Waals surface area contributed by atoms with E-state index in [4.69, 9.17) is 9.47 Å². The summed E-state index contributed by atoms with van der Waals surface area (Å²) >= 11 is 0. The van der Waals surface area contributed by atoms with Gasteiger partial charge in [-0.05, 0) is 24.6 Å². The second-order valence-corrected chi connectivity index (χ2v) is 5.11. The Labute approximate surface area is 127 Å². The smallest absolute Gasteiger partial charge is 0.265 e. The average molecular weight is 294 g/mol. The Bertz CT molecular complexity index is 447. The summed E-state index contributed by atoms with van der Waals surface area (Å²) in [5.74, 6) is 1.08. The number of methoxy groups -OCH3 is 1. The van der Waals surface area contributed by atoms with Gasteiger partial charge in [0, 0.05) is 19.7 Å². The van der Waals surface area contributed by atoms with E-state index >= 15 is 0 Å². The molecule has 0 unspecified atom stereocenters. The molecule has 5 heteroatoms. The van der Waals surface area contributed by atoms with Crippen molar-refractivity contribution in [1.82, 2.24) is 10.4 Å². The number of amides is 1. The van der Waals surface area contributed by atoms with Crippen LogP contribution in [0.4, 0.5) is 0 Å². The molecule has 118 valence electrons. The van der Waals surface area contributed by atoms with Crippen molar-refractivity contribution in [2.75, 3.05) is 27.8 Å². The molecule has 0 aliphatic heterocycles. The normalized spacial score (nSPS) is 10.5. The van der Waals surface area contributed by atoms with Crippen LogP contribution in [-0.2, 0) is 0 Å². The number of rotatable bonds is 9. The van der Waals surface area contributed by atoms with Crippen LogP contribution < -0.4 is 14.9 Å². The van der Waals surface area contributed by atoms with Crippen LogP contribution in [0.1, 0.15) is 43.0 Å². The molecule has 0 bridgehead atoms. The van der Waals surface area contributed by atoms with E-state index in [2.05, 4.69) is 12.3 Å². The van der Waals surface area contributed by atoms with Crippen LogP contribution in [0.2, 0.25) is 0 Å². The first-order valence-corrected chi connectivity index (χ1v) is 7.37. The lowest BCUT2D eigenvalue weighted by Crippen LogP contribution is -2.36. The zero-order valence-electron chi connectivity index (χ0n) is 13.4. The van der Waals surface area contributed by atoms with Crippen LogP contribution >= 0.6 is 0 Å². The highest BCUT2D eigenvalue weighted by Crippen LogP contribution is 2.28. The third-order valence-electron chi connectivity index (χ3n) is 3.01. The minimum absolute atomic E-state index is 0.173. The van der Waals surface area contributed by atoms with Crippen molar-refractivity contribution in [3.05, 3.63) is 23.8 Å². The maximum atomic E-state index is 11.9. The number of carbonyl (C=O) groups excluding carboxylic acids is 1. The molecule has 0 heterocycles. The first-order chi connectivity index (χ1) is 10.1. The minimum atomic E-state index is -0.173. The third kappa shape index (κ3) is 6.04. The Morgan fingerprint density at radius 3 is 2.57 bits per heavy atom. The topological polar surface area (TPSA) is 50.8 Å². The maximum absolute atomic E-state index is 11.9. The number of nitrogens with one attached hydrogen (secondary N) is 1. The van der Waals surface area contributed by atoms with Crippen molar-refractivity contribution in [2.45, 2.75) is 32.6 Å². The van der Waals surface area contributed by atoms with Crippen LogP contribution in [0, 0.1) is 0 Å². The number of hydrazine groups is 1. The van der Waals surface area contributed by atoms with Crippen molar-refractivity contribution >= 4 is 5.91 Å². The quantitative estimate of drug-likeness (QED) is 0.562. The maximum Gasteiger partial charge on any atom is 0.265 e. The molecule has 0 aromatic heterocycles. The number of nitrogens with zero attached hydrogens (tertiary/aromatic N) is 1. The molecule has 0 saturated heterocycles. The van der Waals surface area contributed by atoms with Crippen LogP contribution in [0.25, 0.3) is 0 Å². The van der Waals surface area contributed by atoms with Crippen molar-refractivity contribution in [3.63, 3.8) is 0 Å². The first kappa shape index (κ1) is 17.3. The zero-order chi connectivity index (χ0) is 15.7. The Morgan fingerprint density at radius 1 is 1.19 bits per heavy atom. The molecule has 0 aliphatic rings. The van der Waals surface area contributed by atoms with Crippen molar-refractivity contribution < 1.29 is 14.3 Å². The second kappa shape index (κ2) is 9.23. The number of carbonyl (C=O) groups is 1. The molecule has 1 aromatic rings. The molecule has 0 radical (unpaired) electrons. The van der Waals surface area contributed by atoms with Gasteiger partial charge in [-0.1, -0.05) is 26.2 Å². The Morgan fingerprint density at radius 2 is 1.95 bits per heavy atom. The average Bonchev–Trinajstić information content (AvgIpc) is 2.46. The summed E-state index contributed by atoms with van der Waals surface area (Å²) in [5, 5.41) is 1.60. The lowest BCUT2D eigenvalue weighted by Gasteiger charge is -2.14. The van der Waals surface area contributed by atoms with Gasteiger partial charge in [-0.3, -0.25) is 10.2 Å². The minimum Gasteiger partial charge on any atom is -0.493 e. The summed E-state index contributed by atoms with van der Waals surface area (Å²) < 4.78 is 11.0. The van der Waals surface area contributed by atoms with E-state index in [1.807, 2.05) is 0 Å². The lowest BCUT2D eigenvalue weighted by atomic mass is 10.2. The number of unbranched alkanes of at least 4 members (excludes halogenated alkanes) is 3. The summed E-state index contributed by atoms with van der Waals surface area (Å²) in [6.07, 6.45) is 4.63. The Kier molecular flexibility index (Phi) is 7.61. The standard InChI is InChI=1S/C16H26N2O3/c1-5-6-7-8-11-21-14-10-9-13(12-15(14)20-4)16(19)17-18(2)3/h9-10,12H,5-8,11H2,1-4H3,(H,17,19). The van der Waals surface area contributed by atoms with Gasteiger partial charge in [-0.15, -0.1) is 0 Å². The molecule has 0 aliphatic carbocycles. The van der Waals surface area contributed by atoms with E-state index in [9.17, 15) is 4.79 Å². The van der Waals surface area contributed by atoms with Crippen LogP contribution in [-0.4, -0.2) is 38.7 Å². The van der Waals surface area contributed by atoms with Crippen molar-refractivity contribution in [3.8, 4) is 11.5 Å². The van der Waals surface area contributed by atoms with Crippen molar-refractivity contribution in [2.24, 2.45) is 0 Å². The highest BCUT2D eigenvalue weighted by atomic mass is 16.5. The molecule has 1 amide bonds. The van der Waals surface area contributed by atoms with Gasteiger partial charge < -0.3 is 9.47 Å². The summed E-state index contributed by atoms with van der Waals surface area (Å²) in [7, 11) is 5.11. The van der Waals surface area contributed by atoms with Crippen LogP contribution in [0.15, 0.2) is 18.2 Å². The molecule has 1 N–H and O–H groups in total. The molecule has 0 saturated carbocycles. The van der Waals surface area contributed by atoms with E-state index in [0.717, 1.165) is 6.42 Å².